The number of fused-ring (bicyclic) bond motifs is 1. The van der Waals surface area contributed by atoms with E-state index >= 15 is 0 Å². The molecule has 2 aromatic rings. The summed E-state index contributed by atoms with van der Waals surface area (Å²) in [6.45, 7) is 0. The lowest BCUT2D eigenvalue weighted by molar-refractivity contribution is 0.453. The summed E-state index contributed by atoms with van der Waals surface area (Å²) in [5.74, 6) is 0.00805. The lowest BCUT2D eigenvalue weighted by Gasteiger charge is -2.00. The van der Waals surface area contributed by atoms with E-state index in [-0.39, 0.29) is 5.88 Å². The van der Waals surface area contributed by atoms with Gasteiger partial charge in [-0.05, 0) is 30.5 Å². The first-order valence-corrected chi connectivity index (χ1v) is 7.58. The summed E-state index contributed by atoms with van der Waals surface area (Å²) in [6, 6.07) is 5.92. The number of aromatic amines is 1. The smallest absolute Gasteiger partial charge is 0.237 e. The number of imidazole rings is 1. The van der Waals surface area contributed by atoms with Gasteiger partial charge in [-0.25, -0.2) is 0 Å². The quantitative estimate of drug-likeness (QED) is 0.819. The molecule has 0 spiro atoms. The molecule has 0 bridgehead atoms. The van der Waals surface area contributed by atoms with Crippen LogP contribution in [0.4, 0.5) is 5.69 Å². The summed E-state index contributed by atoms with van der Waals surface area (Å²) in [4.78, 5) is 11.4. The van der Waals surface area contributed by atoms with Gasteiger partial charge in [0.1, 0.15) is 5.69 Å². The van der Waals surface area contributed by atoms with Crippen LogP contribution in [0.25, 0.3) is 11.6 Å². The molecule has 2 N–H and O–H groups in total. The number of thioether (sulfide) groups is 1. The Balaban J connectivity index is 2.05. The van der Waals surface area contributed by atoms with Crippen molar-refractivity contribution >= 4 is 51.2 Å². The summed E-state index contributed by atoms with van der Waals surface area (Å²) < 4.78 is 1.00. The fourth-order valence-corrected chi connectivity index (χ4v) is 2.63. The third-order valence-corrected chi connectivity index (χ3v) is 3.87. The average Bonchev–Trinajstić information content (AvgIpc) is 2.95. The maximum absolute atomic E-state index is 9.77. The fourth-order valence-electron chi connectivity index (χ4n) is 1.88. The van der Waals surface area contributed by atoms with Crippen LogP contribution in [0.3, 0.4) is 0 Å². The standard InChI is InChI=1S/C13H10BrN3OS/c1-19-13-16-11(12(18)17-13)4-7-6-15-10-3-2-8(14)5-9(7)10/h2-6,18H,1H3,(H,16,17). The van der Waals surface area contributed by atoms with E-state index in [2.05, 4.69) is 30.9 Å². The second kappa shape index (κ2) is 4.86. The van der Waals surface area contributed by atoms with Crippen molar-refractivity contribution in [3.63, 3.8) is 0 Å². The first-order chi connectivity index (χ1) is 9.17. The Labute approximate surface area is 122 Å². The Bertz CT molecular complexity index is 706. The summed E-state index contributed by atoms with van der Waals surface area (Å²) >= 11 is 4.90. The number of halogens is 1. The minimum atomic E-state index is 0.00805. The van der Waals surface area contributed by atoms with Crippen molar-refractivity contribution in [2.45, 2.75) is 5.16 Å². The highest BCUT2D eigenvalue weighted by Crippen LogP contribution is 2.35. The molecular formula is C13H10BrN3OS. The van der Waals surface area contributed by atoms with Crippen molar-refractivity contribution in [2.75, 3.05) is 6.26 Å². The number of nitrogens with one attached hydrogen (secondary N) is 1. The third kappa shape index (κ3) is 2.33. The highest BCUT2D eigenvalue weighted by Gasteiger charge is 2.14. The molecule has 4 nitrogen and oxygen atoms in total. The number of H-pyrrole nitrogens is 1. The third-order valence-electron chi connectivity index (χ3n) is 2.80. The van der Waals surface area contributed by atoms with E-state index in [1.165, 1.54) is 11.8 Å². The van der Waals surface area contributed by atoms with E-state index in [9.17, 15) is 5.11 Å². The second-order valence-electron chi connectivity index (χ2n) is 4.00. The van der Waals surface area contributed by atoms with Gasteiger partial charge in [0.05, 0.1) is 5.69 Å². The molecule has 1 aromatic heterocycles. The minimum absolute atomic E-state index is 0.00805. The Morgan fingerprint density at radius 2 is 2.26 bits per heavy atom. The van der Waals surface area contributed by atoms with Crippen molar-refractivity contribution in [3.8, 4) is 5.88 Å². The van der Waals surface area contributed by atoms with E-state index in [0.717, 1.165) is 21.3 Å². The van der Waals surface area contributed by atoms with Crippen LogP contribution in [0.15, 0.2) is 32.8 Å². The molecule has 1 aromatic carbocycles. The number of benzene rings is 1. The Hall–Kier alpha value is -1.53. The van der Waals surface area contributed by atoms with Gasteiger partial charge in [0.25, 0.3) is 0 Å². The predicted molar refractivity (Wildman–Crippen MR) is 82.2 cm³/mol. The summed E-state index contributed by atoms with van der Waals surface area (Å²) in [5.41, 5.74) is 3.51. The van der Waals surface area contributed by atoms with E-state index in [1.54, 1.807) is 6.21 Å². The summed E-state index contributed by atoms with van der Waals surface area (Å²) in [7, 11) is 0. The van der Waals surface area contributed by atoms with E-state index in [4.69, 9.17) is 0 Å². The van der Waals surface area contributed by atoms with Crippen LogP contribution in [0.5, 0.6) is 5.88 Å². The molecule has 1 aliphatic rings. The normalized spacial score (nSPS) is 15.2. The first kappa shape index (κ1) is 12.5. The number of nitrogens with zero attached hydrogens (tertiary/aromatic N) is 2. The predicted octanol–water partition coefficient (Wildman–Crippen LogP) is 3.86. The van der Waals surface area contributed by atoms with Crippen LogP contribution in [-0.4, -0.2) is 27.5 Å². The molecule has 0 saturated heterocycles. The Morgan fingerprint density at radius 1 is 1.42 bits per heavy atom. The van der Waals surface area contributed by atoms with Gasteiger partial charge in [-0.3, -0.25) is 4.99 Å². The van der Waals surface area contributed by atoms with Crippen LogP contribution in [0.2, 0.25) is 0 Å². The number of rotatable bonds is 2. The molecule has 0 fully saturated rings. The van der Waals surface area contributed by atoms with Gasteiger partial charge in [0.15, 0.2) is 5.16 Å². The van der Waals surface area contributed by atoms with E-state index < -0.39 is 0 Å². The van der Waals surface area contributed by atoms with Crippen LogP contribution in [0.1, 0.15) is 11.3 Å². The largest absolute Gasteiger partial charge is 0.492 e. The average molecular weight is 336 g/mol. The number of aliphatic imine (C=N–C) groups is 1. The topological polar surface area (TPSA) is 61.3 Å². The Morgan fingerprint density at radius 3 is 3.00 bits per heavy atom. The van der Waals surface area contributed by atoms with Gasteiger partial charge in [-0.15, -0.1) is 0 Å². The summed E-state index contributed by atoms with van der Waals surface area (Å²) in [5, 5.41) is 10.5. The molecule has 0 unspecified atom stereocenters. The van der Waals surface area contributed by atoms with Crippen molar-refractivity contribution in [1.82, 2.24) is 9.97 Å². The Kier molecular flexibility index (Phi) is 3.20. The van der Waals surface area contributed by atoms with Crippen molar-refractivity contribution in [1.29, 1.82) is 0 Å². The number of aromatic hydroxyl groups is 1. The van der Waals surface area contributed by atoms with Crippen molar-refractivity contribution in [3.05, 3.63) is 33.9 Å². The van der Waals surface area contributed by atoms with E-state index in [0.29, 0.717) is 10.9 Å². The van der Waals surface area contributed by atoms with Gasteiger partial charge in [-0.2, -0.15) is 4.98 Å². The maximum Gasteiger partial charge on any atom is 0.237 e. The highest BCUT2D eigenvalue weighted by atomic mass is 79.9. The van der Waals surface area contributed by atoms with Crippen molar-refractivity contribution < 1.29 is 5.11 Å². The van der Waals surface area contributed by atoms with Crippen LogP contribution in [0, 0.1) is 0 Å². The molecule has 2 heterocycles. The van der Waals surface area contributed by atoms with Crippen LogP contribution >= 0.6 is 27.7 Å². The molecule has 0 atom stereocenters. The highest BCUT2D eigenvalue weighted by molar-refractivity contribution is 9.10. The molecule has 0 radical (unpaired) electrons. The zero-order valence-electron chi connectivity index (χ0n) is 10.0. The number of aromatic nitrogens is 2. The first-order valence-electron chi connectivity index (χ1n) is 5.56. The van der Waals surface area contributed by atoms with Gasteiger partial charge in [-0.1, -0.05) is 27.7 Å². The molecule has 0 saturated carbocycles. The molecule has 6 heteroatoms. The fraction of sp³-hybridized carbons (Fsp3) is 0.0769. The van der Waals surface area contributed by atoms with Gasteiger partial charge >= 0.3 is 0 Å². The number of hydrogen-bond donors (Lipinski definition) is 2. The molecule has 3 rings (SSSR count). The number of hydrogen-bond acceptors (Lipinski definition) is 4. The van der Waals surface area contributed by atoms with Crippen LogP contribution in [-0.2, 0) is 0 Å². The van der Waals surface area contributed by atoms with E-state index in [1.807, 2.05) is 30.5 Å². The summed E-state index contributed by atoms with van der Waals surface area (Å²) in [6.07, 6.45) is 5.54. The molecular weight excluding hydrogens is 326 g/mol. The SMILES string of the molecule is CSc1nc(O)c(C=C2C=Nc3ccc(Br)cc32)[nH]1. The van der Waals surface area contributed by atoms with Crippen LogP contribution < -0.4 is 0 Å². The monoisotopic (exact) mass is 335 g/mol. The molecule has 96 valence electrons. The minimum Gasteiger partial charge on any atom is -0.492 e. The molecule has 1 aliphatic heterocycles. The molecule has 19 heavy (non-hydrogen) atoms. The second-order valence-corrected chi connectivity index (χ2v) is 5.71. The lowest BCUT2D eigenvalue weighted by atomic mass is 10.1. The van der Waals surface area contributed by atoms with Crippen molar-refractivity contribution in [2.24, 2.45) is 4.99 Å². The van der Waals surface area contributed by atoms with Gasteiger partial charge in [0, 0.05) is 21.8 Å². The zero-order chi connectivity index (χ0) is 13.4. The zero-order valence-corrected chi connectivity index (χ0v) is 12.4. The molecule has 0 amide bonds. The van der Waals surface area contributed by atoms with Gasteiger partial charge < -0.3 is 10.1 Å². The number of allylic oxidation sites excluding steroid dienone is 1. The van der Waals surface area contributed by atoms with Gasteiger partial charge in [0.2, 0.25) is 5.88 Å². The lowest BCUT2D eigenvalue weighted by Crippen LogP contribution is -1.82. The molecule has 0 aliphatic carbocycles. The maximum atomic E-state index is 9.77.